The third-order valence-electron chi connectivity index (χ3n) is 3.46. The molecule has 5 heteroatoms. The molecule has 0 radical (unpaired) electrons. The van der Waals surface area contributed by atoms with E-state index >= 15 is 0 Å². The van der Waals surface area contributed by atoms with Crippen LogP contribution in [0.1, 0.15) is 45.2 Å². The van der Waals surface area contributed by atoms with Crippen molar-refractivity contribution in [2.75, 3.05) is 11.9 Å². The van der Waals surface area contributed by atoms with Gasteiger partial charge in [0, 0.05) is 23.6 Å². The summed E-state index contributed by atoms with van der Waals surface area (Å²) in [7, 11) is 0. The maximum absolute atomic E-state index is 12.1. The zero-order chi connectivity index (χ0) is 16.8. The summed E-state index contributed by atoms with van der Waals surface area (Å²) in [5.74, 6) is 0.941. The molecule has 0 unspecified atom stereocenters. The van der Waals surface area contributed by atoms with Crippen LogP contribution < -0.4 is 10.6 Å². The van der Waals surface area contributed by atoms with Crippen LogP contribution in [0.25, 0.3) is 0 Å². The van der Waals surface area contributed by atoms with Crippen molar-refractivity contribution in [2.45, 2.75) is 57.6 Å². The molecule has 124 valence electrons. The lowest BCUT2D eigenvalue weighted by Gasteiger charge is -2.25. The van der Waals surface area contributed by atoms with Crippen LogP contribution in [-0.2, 0) is 5.75 Å². The first-order valence-corrected chi connectivity index (χ1v) is 8.70. The van der Waals surface area contributed by atoms with Crippen LogP contribution in [0.3, 0.4) is 0 Å². The fourth-order valence-electron chi connectivity index (χ4n) is 2.03. The van der Waals surface area contributed by atoms with Crippen molar-refractivity contribution in [3.8, 4) is 0 Å². The number of aliphatic hydroxyl groups excluding tert-OH is 1. The summed E-state index contributed by atoms with van der Waals surface area (Å²) in [6.45, 7) is 10.2. The van der Waals surface area contributed by atoms with Gasteiger partial charge in [-0.2, -0.15) is 11.8 Å². The third-order valence-corrected chi connectivity index (χ3v) is 4.60. The van der Waals surface area contributed by atoms with Gasteiger partial charge in [0.1, 0.15) is 0 Å². The number of urea groups is 1. The maximum Gasteiger partial charge on any atom is 0.319 e. The van der Waals surface area contributed by atoms with E-state index in [9.17, 15) is 4.79 Å². The Bertz CT molecular complexity index is 501. The van der Waals surface area contributed by atoms with Gasteiger partial charge in [-0.3, -0.25) is 0 Å². The van der Waals surface area contributed by atoms with Gasteiger partial charge >= 0.3 is 6.03 Å². The highest BCUT2D eigenvalue weighted by Gasteiger charge is 2.20. The molecular formula is C17H28N2O2S. The number of aliphatic hydroxyl groups is 1. The maximum atomic E-state index is 12.1. The van der Waals surface area contributed by atoms with Crippen molar-refractivity contribution in [3.63, 3.8) is 0 Å². The molecule has 22 heavy (non-hydrogen) atoms. The van der Waals surface area contributed by atoms with E-state index in [4.69, 9.17) is 5.11 Å². The van der Waals surface area contributed by atoms with E-state index in [0.29, 0.717) is 11.7 Å². The number of benzene rings is 1. The minimum absolute atomic E-state index is 0.0498. The van der Waals surface area contributed by atoms with Gasteiger partial charge in [-0.25, -0.2) is 4.79 Å². The molecule has 0 aromatic heterocycles. The number of carbonyl (C=O) groups is 1. The van der Waals surface area contributed by atoms with Gasteiger partial charge in [0.2, 0.25) is 0 Å². The largest absolute Gasteiger partial charge is 0.396 e. The minimum atomic E-state index is -0.433. The van der Waals surface area contributed by atoms with Crippen molar-refractivity contribution in [2.24, 2.45) is 0 Å². The zero-order valence-corrected chi connectivity index (χ0v) is 15.0. The van der Waals surface area contributed by atoms with Gasteiger partial charge in [0.05, 0.1) is 0 Å². The zero-order valence-electron chi connectivity index (χ0n) is 14.2. The Hall–Kier alpha value is -1.20. The summed E-state index contributed by atoms with van der Waals surface area (Å²) in [4.78, 5) is 12.1. The Kier molecular flexibility index (Phi) is 7.23. The molecule has 4 nitrogen and oxygen atoms in total. The molecule has 0 spiro atoms. The van der Waals surface area contributed by atoms with E-state index in [1.807, 2.05) is 44.7 Å². The Morgan fingerprint density at radius 2 is 2.05 bits per heavy atom. The number of hydrogen-bond acceptors (Lipinski definition) is 3. The Morgan fingerprint density at radius 1 is 1.36 bits per heavy atom. The summed E-state index contributed by atoms with van der Waals surface area (Å²) < 4.78 is 0. The van der Waals surface area contributed by atoms with E-state index in [2.05, 4.69) is 30.5 Å². The predicted molar refractivity (Wildman–Crippen MR) is 95.5 cm³/mol. The highest BCUT2D eigenvalue weighted by molar-refractivity contribution is 7.99. The van der Waals surface area contributed by atoms with Crippen molar-refractivity contribution >= 4 is 23.5 Å². The smallest absolute Gasteiger partial charge is 0.319 e. The normalized spacial score (nSPS) is 11.6. The number of hydrogen-bond donors (Lipinski definition) is 3. The molecule has 0 saturated heterocycles. The second-order valence-electron chi connectivity index (χ2n) is 6.39. The Morgan fingerprint density at radius 3 is 2.64 bits per heavy atom. The highest BCUT2D eigenvalue weighted by atomic mass is 32.2. The van der Waals surface area contributed by atoms with Crippen LogP contribution in [-0.4, -0.2) is 28.5 Å². The number of amides is 2. The van der Waals surface area contributed by atoms with Crippen LogP contribution in [0, 0.1) is 6.92 Å². The summed E-state index contributed by atoms with van der Waals surface area (Å²) in [5.41, 5.74) is 2.74. The first-order valence-electron chi connectivity index (χ1n) is 7.65. The summed E-state index contributed by atoms with van der Waals surface area (Å²) in [5, 5.41) is 15.4. The molecule has 0 heterocycles. The average Bonchev–Trinajstić information content (AvgIpc) is 2.38. The number of rotatable bonds is 7. The van der Waals surface area contributed by atoms with E-state index in [0.717, 1.165) is 17.0 Å². The number of carbonyl (C=O) groups excluding carboxylic acids is 1. The van der Waals surface area contributed by atoms with Crippen LogP contribution in [0.2, 0.25) is 0 Å². The van der Waals surface area contributed by atoms with Crippen molar-refractivity contribution in [1.29, 1.82) is 0 Å². The molecule has 3 N–H and O–H groups in total. The Balaban J connectivity index is 2.73. The van der Waals surface area contributed by atoms with Crippen LogP contribution in [0.5, 0.6) is 0 Å². The Labute approximate surface area is 138 Å². The van der Waals surface area contributed by atoms with Gasteiger partial charge in [-0.1, -0.05) is 26.0 Å². The third kappa shape index (κ3) is 6.28. The van der Waals surface area contributed by atoms with E-state index in [1.54, 1.807) is 0 Å². The van der Waals surface area contributed by atoms with Crippen LogP contribution in [0.4, 0.5) is 10.5 Å². The number of anilines is 1. The van der Waals surface area contributed by atoms with Gasteiger partial charge in [-0.15, -0.1) is 0 Å². The summed E-state index contributed by atoms with van der Waals surface area (Å²) in [6.07, 6.45) is 0.518. The summed E-state index contributed by atoms with van der Waals surface area (Å²) in [6, 6.07) is 5.74. The molecule has 0 atom stereocenters. The average molecular weight is 324 g/mol. The second-order valence-corrected chi connectivity index (χ2v) is 7.95. The first-order chi connectivity index (χ1) is 10.2. The van der Waals surface area contributed by atoms with Crippen LogP contribution >= 0.6 is 11.8 Å². The first kappa shape index (κ1) is 18.8. The molecule has 1 aromatic rings. The molecule has 0 saturated carbocycles. The fourth-order valence-corrected chi connectivity index (χ4v) is 2.86. The topological polar surface area (TPSA) is 61.4 Å². The lowest BCUT2D eigenvalue weighted by molar-refractivity contribution is 0.218. The fraction of sp³-hybridized carbons (Fsp3) is 0.588. The highest BCUT2D eigenvalue weighted by Crippen LogP contribution is 2.25. The lowest BCUT2D eigenvalue weighted by Crippen LogP contribution is -2.46. The predicted octanol–water partition coefficient (Wildman–Crippen LogP) is 3.92. The second kappa shape index (κ2) is 8.44. The molecule has 0 aliphatic carbocycles. The SMILES string of the molecule is Cc1c(CSC(C)C)cccc1NC(=O)NC(C)(C)CCO. The standard InChI is InChI=1S/C17H28N2O2S/c1-12(2)22-11-14-7-6-8-15(13(14)3)18-16(21)19-17(4,5)9-10-20/h6-8,12,20H,9-11H2,1-5H3,(H2,18,19,21). The van der Waals surface area contributed by atoms with E-state index < -0.39 is 5.54 Å². The summed E-state index contributed by atoms with van der Waals surface area (Å²) >= 11 is 1.89. The molecule has 0 aliphatic rings. The van der Waals surface area contributed by atoms with Gasteiger partial charge < -0.3 is 15.7 Å². The molecule has 0 bridgehead atoms. The monoisotopic (exact) mass is 324 g/mol. The van der Waals surface area contributed by atoms with Crippen molar-refractivity contribution in [3.05, 3.63) is 29.3 Å². The molecule has 0 aliphatic heterocycles. The molecule has 1 aromatic carbocycles. The lowest BCUT2D eigenvalue weighted by atomic mass is 10.0. The minimum Gasteiger partial charge on any atom is -0.396 e. The molecule has 2 amide bonds. The van der Waals surface area contributed by atoms with Crippen molar-refractivity contribution in [1.82, 2.24) is 5.32 Å². The molecular weight excluding hydrogens is 296 g/mol. The van der Waals surface area contributed by atoms with Gasteiger partial charge in [0.15, 0.2) is 0 Å². The quantitative estimate of drug-likeness (QED) is 0.712. The van der Waals surface area contributed by atoms with Crippen LogP contribution in [0.15, 0.2) is 18.2 Å². The van der Waals surface area contributed by atoms with Gasteiger partial charge in [0.25, 0.3) is 0 Å². The van der Waals surface area contributed by atoms with Crippen molar-refractivity contribution < 1.29 is 9.90 Å². The molecule has 0 fully saturated rings. The number of thioether (sulfide) groups is 1. The molecule has 1 rings (SSSR count). The number of nitrogens with one attached hydrogen (secondary N) is 2. The van der Waals surface area contributed by atoms with E-state index in [1.165, 1.54) is 5.56 Å². The van der Waals surface area contributed by atoms with Gasteiger partial charge in [-0.05, 0) is 49.6 Å². The van der Waals surface area contributed by atoms with E-state index in [-0.39, 0.29) is 12.6 Å².